The molecule has 0 atom stereocenters. The molecule has 0 bridgehead atoms. The van der Waals surface area contributed by atoms with E-state index in [4.69, 9.17) is 21.1 Å². The maximum Gasteiger partial charge on any atom is 0.417 e. The van der Waals surface area contributed by atoms with Crippen LogP contribution in [0.15, 0.2) is 49.1 Å². The Bertz CT molecular complexity index is 1060. The van der Waals surface area contributed by atoms with Crippen molar-refractivity contribution in [3.8, 4) is 11.5 Å². The van der Waals surface area contributed by atoms with Crippen LogP contribution in [0.25, 0.3) is 0 Å². The number of alkyl halides is 3. The average Bonchev–Trinajstić information content (AvgIpc) is 3.26. The highest BCUT2D eigenvalue weighted by Crippen LogP contribution is 2.36. The Hall–Kier alpha value is -3.47. The van der Waals surface area contributed by atoms with Gasteiger partial charge in [-0.1, -0.05) is 17.7 Å². The summed E-state index contributed by atoms with van der Waals surface area (Å²) in [5.41, 5.74) is -0.469. The molecule has 2 aromatic carbocycles. The molecule has 12 heteroatoms. The van der Waals surface area contributed by atoms with Crippen molar-refractivity contribution in [1.82, 2.24) is 14.9 Å². The molecule has 0 fully saturated rings. The number of urea groups is 1. The lowest BCUT2D eigenvalue weighted by molar-refractivity contribution is -0.137. The van der Waals surface area contributed by atoms with Gasteiger partial charge in [-0.05, 0) is 35.9 Å². The van der Waals surface area contributed by atoms with Gasteiger partial charge in [0.2, 0.25) is 0 Å². The maximum absolute atomic E-state index is 13.1. The number of halogens is 4. The zero-order valence-corrected chi connectivity index (χ0v) is 17.1. The minimum Gasteiger partial charge on any atom is -0.493 e. The first-order chi connectivity index (χ1) is 14.7. The minimum absolute atomic E-state index is 0.0317. The molecule has 0 aliphatic rings. The Kier molecular flexibility index (Phi) is 6.54. The van der Waals surface area contributed by atoms with Crippen molar-refractivity contribution in [1.29, 1.82) is 0 Å². The molecule has 1 aromatic heterocycles. The van der Waals surface area contributed by atoms with Crippen LogP contribution in [0.3, 0.4) is 0 Å². The number of carbonyl (C=O) groups is 1. The lowest BCUT2D eigenvalue weighted by Crippen LogP contribution is -2.42. The highest BCUT2D eigenvalue weighted by atomic mass is 35.5. The monoisotopic (exact) mass is 455 g/mol. The predicted molar refractivity (Wildman–Crippen MR) is 107 cm³/mol. The lowest BCUT2D eigenvalue weighted by atomic mass is 10.2. The largest absolute Gasteiger partial charge is 0.493 e. The van der Waals surface area contributed by atoms with E-state index in [1.54, 1.807) is 18.2 Å². The highest BCUT2D eigenvalue weighted by Gasteiger charge is 2.33. The van der Waals surface area contributed by atoms with E-state index in [1.807, 2.05) is 0 Å². The molecule has 3 aromatic rings. The Morgan fingerprint density at radius 3 is 2.39 bits per heavy atom. The van der Waals surface area contributed by atoms with Gasteiger partial charge >= 0.3 is 12.2 Å². The molecular formula is C19H17ClF3N5O3. The molecule has 0 saturated heterocycles. The van der Waals surface area contributed by atoms with Crippen molar-refractivity contribution in [2.24, 2.45) is 0 Å². The van der Waals surface area contributed by atoms with Crippen LogP contribution >= 0.6 is 11.6 Å². The van der Waals surface area contributed by atoms with Crippen molar-refractivity contribution in [2.75, 3.05) is 24.5 Å². The topological polar surface area (TPSA) is 81.5 Å². The summed E-state index contributed by atoms with van der Waals surface area (Å²) >= 11 is 5.64. The second-order valence-electron chi connectivity index (χ2n) is 6.21. The summed E-state index contributed by atoms with van der Waals surface area (Å²) < 4.78 is 51.1. The smallest absolute Gasteiger partial charge is 0.417 e. The number of hydrogen-bond acceptors (Lipinski definition) is 5. The molecule has 31 heavy (non-hydrogen) atoms. The van der Waals surface area contributed by atoms with Crippen molar-refractivity contribution in [3.63, 3.8) is 0 Å². The molecule has 1 heterocycles. The maximum atomic E-state index is 13.1. The standard InChI is InChI=1S/C19H17ClF3N5O3/c1-30-16-6-3-12(7-17(16)31-2)9-28(27-10-24-25-11-27)18(29)26-13-4-5-15(20)14(8-13)19(21,22)23/h3-8,10-11H,9H2,1-2H3,(H,26,29). The van der Waals surface area contributed by atoms with E-state index < -0.39 is 22.8 Å². The molecule has 2 amide bonds. The zero-order valence-electron chi connectivity index (χ0n) is 16.4. The number of benzene rings is 2. The number of methoxy groups -OCH3 is 2. The molecule has 8 nitrogen and oxygen atoms in total. The van der Waals surface area contributed by atoms with Crippen molar-refractivity contribution in [3.05, 3.63) is 65.2 Å². The third-order valence-corrected chi connectivity index (χ3v) is 4.55. The van der Waals surface area contributed by atoms with Crippen LogP contribution < -0.4 is 19.8 Å². The highest BCUT2D eigenvalue weighted by molar-refractivity contribution is 6.31. The minimum atomic E-state index is -4.66. The average molecular weight is 456 g/mol. The molecule has 0 unspecified atom stereocenters. The first-order valence-electron chi connectivity index (χ1n) is 8.74. The number of nitrogens with one attached hydrogen (secondary N) is 1. The van der Waals surface area contributed by atoms with Gasteiger partial charge < -0.3 is 14.8 Å². The SMILES string of the molecule is COc1ccc(CN(C(=O)Nc2ccc(Cl)c(C(F)(F)F)c2)n2cnnc2)cc1OC. The normalized spacial score (nSPS) is 11.2. The van der Waals surface area contributed by atoms with Gasteiger partial charge in [0.15, 0.2) is 11.5 Å². The molecule has 0 saturated carbocycles. The van der Waals surface area contributed by atoms with Gasteiger partial charge in [0.1, 0.15) is 12.7 Å². The molecular weight excluding hydrogens is 439 g/mol. The van der Waals surface area contributed by atoms with E-state index in [0.29, 0.717) is 17.1 Å². The predicted octanol–water partition coefficient (Wildman–Crippen LogP) is 4.34. The summed E-state index contributed by atoms with van der Waals surface area (Å²) in [6.45, 7) is 0.0317. The molecule has 3 rings (SSSR count). The summed E-state index contributed by atoms with van der Waals surface area (Å²) in [5.74, 6) is 0.962. The molecule has 0 aliphatic carbocycles. The number of nitrogens with zero attached hydrogens (tertiary/aromatic N) is 4. The summed E-state index contributed by atoms with van der Waals surface area (Å²) in [5, 5.41) is 10.5. The van der Waals surface area contributed by atoms with Crippen molar-refractivity contribution in [2.45, 2.75) is 12.7 Å². The van der Waals surface area contributed by atoms with E-state index in [1.165, 1.54) is 42.6 Å². The second-order valence-corrected chi connectivity index (χ2v) is 6.62. The Morgan fingerprint density at radius 1 is 1.10 bits per heavy atom. The first kappa shape index (κ1) is 22.2. The summed E-state index contributed by atoms with van der Waals surface area (Å²) in [6.07, 6.45) is -2.10. The van der Waals surface area contributed by atoms with Crippen LogP contribution in [-0.2, 0) is 12.7 Å². The van der Waals surface area contributed by atoms with Gasteiger partial charge in [-0.25, -0.2) is 14.5 Å². The van der Waals surface area contributed by atoms with Gasteiger partial charge in [0.25, 0.3) is 0 Å². The summed E-state index contributed by atoms with van der Waals surface area (Å²) in [4.78, 5) is 12.9. The molecule has 0 spiro atoms. The molecule has 1 N–H and O–H groups in total. The lowest BCUT2D eigenvalue weighted by Gasteiger charge is -2.24. The van der Waals surface area contributed by atoms with Crippen molar-refractivity contribution < 1.29 is 27.4 Å². The number of carbonyl (C=O) groups excluding carboxylic acids is 1. The Balaban J connectivity index is 1.88. The second kappa shape index (κ2) is 9.13. The van der Waals surface area contributed by atoms with Crippen LogP contribution in [0.5, 0.6) is 11.5 Å². The Morgan fingerprint density at radius 2 is 1.77 bits per heavy atom. The third-order valence-electron chi connectivity index (χ3n) is 4.22. The van der Waals surface area contributed by atoms with Crippen LogP contribution in [0.4, 0.5) is 23.7 Å². The van der Waals surface area contributed by atoms with E-state index in [-0.39, 0.29) is 12.2 Å². The third kappa shape index (κ3) is 5.18. The summed E-state index contributed by atoms with van der Waals surface area (Å²) in [7, 11) is 2.97. The number of ether oxygens (including phenoxy) is 2. The van der Waals surface area contributed by atoms with E-state index in [0.717, 1.165) is 12.1 Å². The molecule has 164 valence electrons. The van der Waals surface area contributed by atoms with Crippen LogP contribution in [0, 0.1) is 0 Å². The fourth-order valence-corrected chi connectivity index (χ4v) is 2.96. The number of rotatable bonds is 6. The molecule has 0 aliphatic heterocycles. The van der Waals surface area contributed by atoms with E-state index >= 15 is 0 Å². The van der Waals surface area contributed by atoms with Crippen LogP contribution in [-0.4, -0.2) is 35.1 Å². The van der Waals surface area contributed by atoms with Gasteiger partial charge in [0, 0.05) is 5.69 Å². The first-order valence-corrected chi connectivity index (χ1v) is 9.12. The van der Waals surface area contributed by atoms with Gasteiger partial charge in [0.05, 0.1) is 31.4 Å². The van der Waals surface area contributed by atoms with Gasteiger partial charge in [-0.15, -0.1) is 10.2 Å². The van der Waals surface area contributed by atoms with Crippen LogP contribution in [0.1, 0.15) is 11.1 Å². The molecule has 0 radical (unpaired) electrons. The van der Waals surface area contributed by atoms with Crippen molar-refractivity contribution >= 4 is 23.3 Å². The number of hydrogen-bond donors (Lipinski definition) is 1. The van der Waals surface area contributed by atoms with Crippen LogP contribution in [0.2, 0.25) is 5.02 Å². The quantitative estimate of drug-likeness (QED) is 0.598. The Labute approximate surface area is 180 Å². The number of anilines is 1. The summed E-state index contributed by atoms with van der Waals surface area (Å²) in [6, 6.07) is 7.45. The zero-order chi connectivity index (χ0) is 22.6. The van der Waals surface area contributed by atoms with Gasteiger partial charge in [-0.3, -0.25) is 0 Å². The fraction of sp³-hybridized carbons (Fsp3) is 0.211. The van der Waals surface area contributed by atoms with E-state index in [9.17, 15) is 18.0 Å². The number of amides is 2. The number of aromatic nitrogens is 3. The fourth-order valence-electron chi connectivity index (χ4n) is 2.74. The van der Waals surface area contributed by atoms with Gasteiger partial charge in [-0.2, -0.15) is 13.2 Å². The van der Waals surface area contributed by atoms with E-state index in [2.05, 4.69) is 15.5 Å².